The van der Waals surface area contributed by atoms with Crippen LogP contribution in [-0.4, -0.2) is 31.8 Å². The molecule has 18 heavy (non-hydrogen) atoms. The number of morpholine rings is 1. The molecule has 0 radical (unpaired) electrons. The normalized spacial score (nSPS) is 23.1. The molecule has 4 heteroatoms. The van der Waals surface area contributed by atoms with Gasteiger partial charge in [0.1, 0.15) is 0 Å². The van der Waals surface area contributed by atoms with Gasteiger partial charge in [-0.25, -0.2) is 0 Å². The van der Waals surface area contributed by atoms with Gasteiger partial charge in [0.25, 0.3) is 0 Å². The quantitative estimate of drug-likeness (QED) is 0.885. The first-order chi connectivity index (χ1) is 8.78. The molecule has 2 unspecified atom stereocenters. The highest BCUT2D eigenvalue weighted by Crippen LogP contribution is 2.12. The Morgan fingerprint density at radius 1 is 1.33 bits per heavy atom. The fourth-order valence-electron chi connectivity index (χ4n) is 1.86. The molecule has 0 spiro atoms. The van der Waals surface area contributed by atoms with Crippen LogP contribution >= 0.6 is 11.6 Å². The molecule has 0 amide bonds. The van der Waals surface area contributed by atoms with Crippen LogP contribution in [0.1, 0.15) is 19.4 Å². The van der Waals surface area contributed by atoms with Gasteiger partial charge in [0.2, 0.25) is 0 Å². The van der Waals surface area contributed by atoms with E-state index in [4.69, 9.17) is 22.1 Å². The van der Waals surface area contributed by atoms with Crippen molar-refractivity contribution in [3.8, 4) is 0 Å². The first-order valence-electron chi connectivity index (χ1n) is 6.57. The molecule has 1 aliphatic rings. The summed E-state index contributed by atoms with van der Waals surface area (Å²) in [6.07, 6.45) is 1.13. The first kappa shape index (κ1) is 15.4. The lowest BCUT2D eigenvalue weighted by Crippen LogP contribution is -2.49. The third kappa shape index (κ3) is 4.94. The predicted molar refractivity (Wildman–Crippen MR) is 77.1 cm³/mol. The zero-order chi connectivity index (χ0) is 13.4. The molecule has 3 N–H and O–H groups in total. The maximum absolute atomic E-state index is 5.84. The lowest BCUT2D eigenvalue weighted by Gasteiger charge is -2.29. The number of rotatable bonds is 3. The number of hydrogen-bond acceptors (Lipinski definition) is 3. The summed E-state index contributed by atoms with van der Waals surface area (Å²) in [5.41, 5.74) is 6.81. The van der Waals surface area contributed by atoms with Crippen LogP contribution in [-0.2, 0) is 11.2 Å². The summed E-state index contributed by atoms with van der Waals surface area (Å²) in [5, 5.41) is 4.22. The molecule has 1 aliphatic heterocycles. The summed E-state index contributed by atoms with van der Waals surface area (Å²) in [5.74, 6) is 0. The van der Waals surface area contributed by atoms with Crippen molar-refractivity contribution in [1.29, 1.82) is 0 Å². The minimum atomic E-state index is 0.168. The van der Waals surface area contributed by atoms with Gasteiger partial charge in [-0.1, -0.05) is 37.6 Å². The Balaban J connectivity index is 0.000000771. The number of nitrogens with two attached hydrogens (primary N) is 1. The smallest absolute Gasteiger partial charge is 0.0822 e. The molecule has 2 rings (SSSR count). The second-order valence-corrected chi connectivity index (χ2v) is 4.56. The third-order valence-corrected chi connectivity index (χ3v) is 3.08. The summed E-state index contributed by atoms with van der Waals surface area (Å²) in [4.78, 5) is 0. The van der Waals surface area contributed by atoms with E-state index in [0.717, 1.165) is 24.6 Å². The van der Waals surface area contributed by atoms with E-state index in [9.17, 15) is 0 Å². The summed E-state index contributed by atoms with van der Waals surface area (Å²) >= 11 is 5.84. The van der Waals surface area contributed by atoms with E-state index in [1.807, 2.05) is 26.0 Å². The van der Waals surface area contributed by atoms with Gasteiger partial charge >= 0.3 is 0 Å². The molecule has 1 saturated heterocycles. The Labute approximate surface area is 115 Å². The highest BCUT2D eigenvalue weighted by atomic mass is 35.5. The Morgan fingerprint density at radius 3 is 2.50 bits per heavy atom. The van der Waals surface area contributed by atoms with E-state index in [1.165, 1.54) is 5.56 Å². The molecular formula is C14H23ClN2O. The maximum atomic E-state index is 5.84. The second kappa shape index (κ2) is 8.48. The lowest BCUT2D eigenvalue weighted by molar-refractivity contribution is 0.00991. The minimum absolute atomic E-state index is 0.168. The zero-order valence-electron chi connectivity index (χ0n) is 11.2. The Bertz CT molecular complexity index is 321. The van der Waals surface area contributed by atoms with Gasteiger partial charge in [-0.05, 0) is 24.1 Å². The molecule has 0 bridgehead atoms. The number of nitrogens with one attached hydrogen (secondary N) is 1. The van der Waals surface area contributed by atoms with Gasteiger partial charge in [-0.15, -0.1) is 0 Å². The molecule has 3 nitrogen and oxygen atoms in total. The molecular weight excluding hydrogens is 248 g/mol. The SMILES string of the molecule is CC.NCC1CNC(Cc2ccc(Cl)cc2)CO1. The standard InChI is InChI=1S/C12H17ClN2O.C2H6/c13-10-3-1-9(2-4-10)5-11-8-16-12(6-14)7-15-11;1-2/h1-4,11-12,15H,5-8,14H2;1-2H3. The van der Waals surface area contributed by atoms with Crippen LogP contribution in [0.3, 0.4) is 0 Å². The van der Waals surface area contributed by atoms with Gasteiger partial charge in [0, 0.05) is 24.2 Å². The fraction of sp³-hybridized carbons (Fsp3) is 0.571. The van der Waals surface area contributed by atoms with E-state index in [-0.39, 0.29) is 6.10 Å². The number of halogens is 1. The van der Waals surface area contributed by atoms with Crippen LogP contribution in [0.15, 0.2) is 24.3 Å². The highest BCUT2D eigenvalue weighted by Gasteiger charge is 2.19. The van der Waals surface area contributed by atoms with E-state index in [0.29, 0.717) is 12.6 Å². The average Bonchev–Trinajstić information content (AvgIpc) is 2.44. The molecule has 0 aliphatic carbocycles. The van der Waals surface area contributed by atoms with E-state index >= 15 is 0 Å². The predicted octanol–water partition coefficient (Wildman–Crippen LogP) is 2.22. The van der Waals surface area contributed by atoms with Gasteiger partial charge in [0.15, 0.2) is 0 Å². The lowest BCUT2D eigenvalue weighted by atomic mass is 10.1. The molecule has 1 aromatic carbocycles. The number of ether oxygens (including phenoxy) is 1. The highest BCUT2D eigenvalue weighted by molar-refractivity contribution is 6.30. The van der Waals surface area contributed by atoms with Crippen LogP contribution in [0.5, 0.6) is 0 Å². The molecule has 2 atom stereocenters. The van der Waals surface area contributed by atoms with E-state index in [2.05, 4.69) is 17.4 Å². The second-order valence-electron chi connectivity index (χ2n) is 4.13. The summed E-state index contributed by atoms with van der Waals surface area (Å²) < 4.78 is 5.62. The van der Waals surface area contributed by atoms with Crippen molar-refractivity contribution >= 4 is 11.6 Å². The Morgan fingerprint density at radius 2 is 2.00 bits per heavy atom. The number of hydrogen-bond donors (Lipinski definition) is 2. The van der Waals surface area contributed by atoms with Crippen molar-refractivity contribution in [2.45, 2.75) is 32.4 Å². The molecule has 0 aromatic heterocycles. The third-order valence-electron chi connectivity index (χ3n) is 2.83. The minimum Gasteiger partial charge on any atom is -0.374 e. The van der Waals surface area contributed by atoms with Gasteiger partial charge in [0.05, 0.1) is 12.7 Å². The van der Waals surface area contributed by atoms with Gasteiger partial charge < -0.3 is 15.8 Å². The first-order valence-corrected chi connectivity index (χ1v) is 6.95. The van der Waals surface area contributed by atoms with Crippen molar-refractivity contribution in [3.63, 3.8) is 0 Å². The maximum Gasteiger partial charge on any atom is 0.0822 e. The largest absolute Gasteiger partial charge is 0.374 e. The van der Waals surface area contributed by atoms with Crippen molar-refractivity contribution in [1.82, 2.24) is 5.32 Å². The van der Waals surface area contributed by atoms with E-state index in [1.54, 1.807) is 0 Å². The topological polar surface area (TPSA) is 47.3 Å². The molecule has 1 heterocycles. The van der Waals surface area contributed by atoms with Gasteiger partial charge in [-0.3, -0.25) is 0 Å². The van der Waals surface area contributed by atoms with Crippen molar-refractivity contribution in [2.75, 3.05) is 19.7 Å². The monoisotopic (exact) mass is 270 g/mol. The van der Waals surface area contributed by atoms with Crippen LogP contribution in [0, 0.1) is 0 Å². The fourth-order valence-corrected chi connectivity index (χ4v) is 1.98. The number of benzene rings is 1. The van der Waals surface area contributed by atoms with Crippen LogP contribution in [0.25, 0.3) is 0 Å². The summed E-state index contributed by atoms with van der Waals surface area (Å²) in [6, 6.07) is 8.33. The Hall–Kier alpha value is -0.610. The average molecular weight is 271 g/mol. The van der Waals surface area contributed by atoms with Gasteiger partial charge in [-0.2, -0.15) is 0 Å². The Kier molecular flexibility index (Phi) is 7.28. The van der Waals surface area contributed by atoms with E-state index < -0.39 is 0 Å². The van der Waals surface area contributed by atoms with Crippen molar-refractivity contribution < 1.29 is 4.74 Å². The molecule has 1 fully saturated rings. The molecule has 102 valence electrons. The van der Waals surface area contributed by atoms with Crippen LogP contribution < -0.4 is 11.1 Å². The zero-order valence-corrected chi connectivity index (χ0v) is 11.9. The molecule has 1 aromatic rings. The van der Waals surface area contributed by atoms with Crippen molar-refractivity contribution in [2.24, 2.45) is 5.73 Å². The van der Waals surface area contributed by atoms with Crippen LogP contribution in [0.4, 0.5) is 0 Å². The van der Waals surface area contributed by atoms with Crippen molar-refractivity contribution in [3.05, 3.63) is 34.9 Å². The summed E-state index contributed by atoms with van der Waals surface area (Å²) in [7, 11) is 0. The molecule has 0 saturated carbocycles. The van der Waals surface area contributed by atoms with Crippen LogP contribution in [0.2, 0.25) is 5.02 Å². The summed E-state index contributed by atoms with van der Waals surface area (Å²) in [6.45, 7) is 6.15.